The molecule has 1 aromatic carbocycles. The van der Waals surface area contributed by atoms with E-state index in [4.69, 9.17) is 21.1 Å². The number of halogens is 2. The molecule has 1 atom stereocenters. The van der Waals surface area contributed by atoms with Crippen LogP contribution in [-0.2, 0) is 11.2 Å². The van der Waals surface area contributed by atoms with Crippen LogP contribution in [0.15, 0.2) is 12.1 Å². The summed E-state index contributed by atoms with van der Waals surface area (Å²) in [6.45, 7) is 4.82. The van der Waals surface area contributed by atoms with E-state index in [2.05, 4.69) is 11.8 Å². The molecule has 5 heteroatoms. The Balaban J connectivity index is 1.72. The summed E-state index contributed by atoms with van der Waals surface area (Å²) in [5.74, 6) is 0.832. The molecule has 1 aromatic rings. The molecule has 0 aromatic heterocycles. The number of piperidine rings is 1. The second-order valence-electron chi connectivity index (χ2n) is 6.28. The van der Waals surface area contributed by atoms with E-state index >= 15 is 0 Å². The normalized spacial score (nSPS) is 26.7. The lowest BCUT2D eigenvalue weighted by molar-refractivity contribution is -0.0155. The van der Waals surface area contributed by atoms with E-state index < -0.39 is 0 Å². The summed E-state index contributed by atoms with van der Waals surface area (Å²) in [5, 5.41) is 0.380. The number of methoxy groups -OCH3 is 1. The molecule has 2 aliphatic heterocycles. The van der Waals surface area contributed by atoms with Crippen molar-refractivity contribution in [3.8, 4) is 5.75 Å². The maximum Gasteiger partial charge on any atom is 0.142 e. The highest BCUT2D eigenvalue weighted by Gasteiger charge is 2.44. The van der Waals surface area contributed by atoms with E-state index in [0.717, 1.165) is 37.9 Å². The molecule has 0 saturated carbocycles. The summed E-state index contributed by atoms with van der Waals surface area (Å²) in [5.41, 5.74) is 0.612. The molecule has 0 N–H and O–H groups in total. The average Bonchev–Trinajstić information content (AvgIpc) is 2.78. The van der Waals surface area contributed by atoms with E-state index in [1.165, 1.54) is 6.07 Å². The van der Waals surface area contributed by atoms with Crippen LogP contribution in [0.1, 0.15) is 25.3 Å². The van der Waals surface area contributed by atoms with Crippen LogP contribution in [0.5, 0.6) is 5.75 Å². The summed E-state index contributed by atoms with van der Waals surface area (Å²) in [7, 11) is 1.72. The number of hydrogen-bond donors (Lipinski definition) is 0. The third-order valence-corrected chi connectivity index (χ3v) is 5.01. The molecular weight excluding hydrogens is 293 g/mol. The lowest BCUT2D eigenvalue weighted by atomic mass is 9.79. The van der Waals surface area contributed by atoms with Crippen LogP contribution in [0, 0.1) is 11.7 Å². The van der Waals surface area contributed by atoms with Crippen LogP contribution in [-0.4, -0.2) is 37.4 Å². The van der Waals surface area contributed by atoms with E-state index in [0.29, 0.717) is 23.4 Å². The van der Waals surface area contributed by atoms with Gasteiger partial charge in [0, 0.05) is 38.1 Å². The van der Waals surface area contributed by atoms with Crippen LogP contribution < -0.4 is 4.74 Å². The average molecular weight is 314 g/mol. The van der Waals surface area contributed by atoms with Gasteiger partial charge in [-0.1, -0.05) is 11.6 Å². The van der Waals surface area contributed by atoms with Crippen molar-refractivity contribution in [2.24, 2.45) is 5.92 Å². The molecule has 116 valence electrons. The number of benzene rings is 1. The third-order valence-electron chi connectivity index (χ3n) is 4.72. The molecule has 2 heterocycles. The molecule has 3 nitrogen and oxygen atoms in total. The van der Waals surface area contributed by atoms with Crippen LogP contribution in [0.3, 0.4) is 0 Å². The zero-order chi connectivity index (χ0) is 15.0. The SMILES string of the molecule is COCN1CCC(C2(C)Cc3cc(F)cc(Cl)c3O2)CC1. The molecular formula is C16H21ClFNO2. The van der Waals surface area contributed by atoms with E-state index in [1.807, 2.05) is 0 Å². The van der Waals surface area contributed by atoms with Gasteiger partial charge in [-0.15, -0.1) is 0 Å². The predicted molar refractivity (Wildman–Crippen MR) is 80.3 cm³/mol. The van der Waals surface area contributed by atoms with E-state index in [9.17, 15) is 4.39 Å². The monoisotopic (exact) mass is 313 g/mol. The van der Waals surface area contributed by atoms with E-state index in [-0.39, 0.29) is 11.4 Å². The Morgan fingerprint density at radius 1 is 1.43 bits per heavy atom. The van der Waals surface area contributed by atoms with Gasteiger partial charge in [-0.05, 0) is 31.9 Å². The lowest BCUT2D eigenvalue weighted by Gasteiger charge is -2.39. The number of fused-ring (bicyclic) bond motifs is 1. The maximum absolute atomic E-state index is 13.5. The van der Waals surface area contributed by atoms with Crippen molar-refractivity contribution in [1.29, 1.82) is 0 Å². The lowest BCUT2D eigenvalue weighted by Crippen LogP contribution is -2.46. The first kappa shape index (κ1) is 15.1. The smallest absolute Gasteiger partial charge is 0.142 e. The number of hydrogen-bond acceptors (Lipinski definition) is 3. The Labute approximate surface area is 130 Å². The Bertz CT molecular complexity index is 531. The second-order valence-corrected chi connectivity index (χ2v) is 6.68. The fourth-order valence-electron chi connectivity index (χ4n) is 3.59. The van der Waals surface area contributed by atoms with Crippen LogP contribution >= 0.6 is 11.6 Å². The van der Waals surface area contributed by atoms with Gasteiger partial charge in [-0.3, -0.25) is 4.90 Å². The minimum atomic E-state index is -0.290. The van der Waals surface area contributed by atoms with Crippen LogP contribution in [0.2, 0.25) is 5.02 Å². The highest BCUT2D eigenvalue weighted by molar-refractivity contribution is 6.32. The number of ether oxygens (including phenoxy) is 2. The summed E-state index contributed by atoms with van der Waals surface area (Å²) in [6.07, 6.45) is 2.86. The molecule has 0 bridgehead atoms. The standard InChI is InChI=1S/C16H21ClFNO2/c1-16(12-3-5-19(6-4-12)10-20-2)9-11-7-13(18)8-14(17)15(11)21-16/h7-8,12H,3-6,9-10H2,1-2H3. The molecule has 1 unspecified atom stereocenters. The number of likely N-dealkylation sites (tertiary alicyclic amines) is 1. The van der Waals surface area contributed by atoms with Gasteiger partial charge < -0.3 is 9.47 Å². The van der Waals surface area contributed by atoms with Gasteiger partial charge in [0.1, 0.15) is 17.2 Å². The topological polar surface area (TPSA) is 21.7 Å². The molecule has 0 spiro atoms. The zero-order valence-corrected chi connectivity index (χ0v) is 13.3. The maximum atomic E-state index is 13.5. The van der Waals surface area contributed by atoms with Crippen molar-refractivity contribution in [3.63, 3.8) is 0 Å². The molecule has 21 heavy (non-hydrogen) atoms. The molecule has 0 radical (unpaired) electrons. The van der Waals surface area contributed by atoms with Crippen molar-refractivity contribution >= 4 is 11.6 Å². The number of nitrogens with zero attached hydrogens (tertiary/aromatic N) is 1. The molecule has 1 saturated heterocycles. The largest absolute Gasteiger partial charge is 0.485 e. The Morgan fingerprint density at radius 3 is 2.81 bits per heavy atom. The van der Waals surface area contributed by atoms with Crippen molar-refractivity contribution in [3.05, 3.63) is 28.5 Å². The van der Waals surface area contributed by atoms with Gasteiger partial charge in [0.05, 0.1) is 11.8 Å². The van der Waals surface area contributed by atoms with Gasteiger partial charge in [0.2, 0.25) is 0 Å². The molecule has 0 aliphatic carbocycles. The van der Waals surface area contributed by atoms with Crippen molar-refractivity contribution in [2.45, 2.75) is 31.8 Å². The van der Waals surface area contributed by atoms with Crippen LogP contribution in [0.25, 0.3) is 0 Å². The summed E-state index contributed by atoms with van der Waals surface area (Å²) < 4.78 is 24.8. The van der Waals surface area contributed by atoms with E-state index in [1.54, 1.807) is 13.2 Å². The fraction of sp³-hybridized carbons (Fsp3) is 0.625. The summed E-state index contributed by atoms with van der Waals surface area (Å²) in [4.78, 5) is 2.30. The van der Waals surface area contributed by atoms with Crippen molar-refractivity contribution in [1.82, 2.24) is 4.90 Å². The van der Waals surface area contributed by atoms with Gasteiger partial charge in [-0.2, -0.15) is 0 Å². The van der Waals surface area contributed by atoms with Crippen LogP contribution in [0.4, 0.5) is 4.39 Å². The summed E-state index contributed by atoms with van der Waals surface area (Å²) >= 11 is 6.12. The Kier molecular flexibility index (Phi) is 4.12. The third kappa shape index (κ3) is 2.89. The minimum absolute atomic E-state index is 0.279. The number of rotatable bonds is 3. The first-order valence-corrected chi connectivity index (χ1v) is 7.78. The molecule has 1 fully saturated rings. The van der Waals surface area contributed by atoms with Gasteiger partial charge in [0.15, 0.2) is 0 Å². The Morgan fingerprint density at radius 2 is 2.14 bits per heavy atom. The van der Waals surface area contributed by atoms with Gasteiger partial charge in [-0.25, -0.2) is 4.39 Å². The predicted octanol–water partition coefficient (Wildman–Crippen LogP) is 3.49. The molecule has 2 aliphatic rings. The van der Waals surface area contributed by atoms with Gasteiger partial charge in [0.25, 0.3) is 0 Å². The highest BCUT2D eigenvalue weighted by Crippen LogP contribution is 2.46. The minimum Gasteiger partial charge on any atom is -0.485 e. The van der Waals surface area contributed by atoms with Crippen molar-refractivity contribution < 1.29 is 13.9 Å². The first-order chi connectivity index (χ1) is 10.0. The zero-order valence-electron chi connectivity index (χ0n) is 12.5. The van der Waals surface area contributed by atoms with Crippen molar-refractivity contribution in [2.75, 3.05) is 26.9 Å². The molecule has 0 amide bonds. The fourth-order valence-corrected chi connectivity index (χ4v) is 3.85. The first-order valence-electron chi connectivity index (χ1n) is 7.40. The highest BCUT2D eigenvalue weighted by atomic mass is 35.5. The summed E-state index contributed by atoms with van der Waals surface area (Å²) in [6, 6.07) is 2.87. The van der Waals surface area contributed by atoms with Gasteiger partial charge >= 0.3 is 0 Å². The molecule has 3 rings (SSSR count). The second kappa shape index (κ2) is 5.75. The quantitative estimate of drug-likeness (QED) is 0.852. The Hall–Kier alpha value is -0.840.